The molecule has 136 valence electrons. The van der Waals surface area contributed by atoms with Crippen molar-refractivity contribution in [3.8, 4) is 0 Å². The minimum absolute atomic E-state index is 0. The summed E-state index contributed by atoms with van der Waals surface area (Å²) in [7, 11) is -3.51. The maximum absolute atomic E-state index is 11.5. The Kier molecular flexibility index (Phi) is 19.7. The maximum atomic E-state index is 11.5. The van der Waals surface area contributed by atoms with E-state index in [-0.39, 0.29) is 42.5 Å². The van der Waals surface area contributed by atoms with Crippen LogP contribution in [0.5, 0.6) is 0 Å². The Balaban J connectivity index is 0. The number of carbonyl (C=O) groups is 1. The molecule has 0 fully saturated rings. The van der Waals surface area contributed by atoms with Gasteiger partial charge in [-0.1, -0.05) is 70.8 Å². The molecule has 0 aromatic heterocycles. The van der Waals surface area contributed by atoms with E-state index in [1.54, 1.807) is 6.08 Å². The molecule has 0 amide bonds. The standard InChI is InChI=1S/C17H33NO4S.Na/c1-2-3-4-5-6-7-8-9-10-11-12-13-16-23(21,22)18-15-14-17(19)20;/h13,16,18H,2-12,14-15H2,1H3,(H,19,20);/q;+1/p-1/b16-13+;. The summed E-state index contributed by atoms with van der Waals surface area (Å²) in [6.07, 6.45) is 14.6. The van der Waals surface area contributed by atoms with Crippen molar-refractivity contribution < 1.29 is 47.9 Å². The number of hydrogen-bond acceptors (Lipinski definition) is 4. The Hall–Kier alpha value is 0.120. The first-order chi connectivity index (χ1) is 11.0. The molecule has 7 heteroatoms. The van der Waals surface area contributed by atoms with E-state index in [0.717, 1.165) is 24.7 Å². The maximum Gasteiger partial charge on any atom is 1.00 e. The molecular weight excluding hydrogens is 337 g/mol. The number of nitrogens with one attached hydrogen (secondary N) is 1. The zero-order valence-electron chi connectivity index (χ0n) is 15.4. The summed E-state index contributed by atoms with van der Waals surface area (Å²) in [4.78, 5) is 10.2. The SMILES string of the molecule is CCCCCCCCCCCC/C=C/S(=O)(=O)NCCC(=O)[O-].[Na+]. The number of allylic oxidation sites excluding steroid dienone is 1. The Morgan fingerprint density at radius 1 is 0.958 bits per heavy atom. The summed E-state index contributed by atoms with van der Waals surface area (Å²) in [5, 5.41) is 11.3. The molecule has 0 heterocycles. The number of carbonyl (C=O) groups excluding carboxylic acids is 1. The number of unbranched alkanes of at least 4 members (excludes halogenated alkanes) is 10. The van der Waals surface area contributed by atoms with Gasteiger partial charge in [0.1, 0.15) is 0 Å². The molecule has 0 radical (unpaired) electrons. The van der Waals surface area contributed by atoms with Crippen LogP contribution in [0.1, 0.15) is 84.0 Å². The molecule has 0 rings (SSSR count). The Morgan fingerprint density at radius 3 is 1.96 bits per heavy atom. The van der Waals surface area contributed by atoms with Gasteiger partial charge in [-0.05, 0) is 12.8 Å². The van der Waals surface area contributed by atoms with Crippen molar-refractivity contribution in [2.45, 2.75) is 84.0 Å². The van der Waals surface area contributed by atoms with Gasteiger partial charge in [0.15, 0.2) is 0 Å². The first-order valence-electron chi connectivity index (χ1n) is 8.84. The monoisotopic (exact) mass is 369 g/mol. The predicted octanol–water partition coefficient (Wildman–Crippen LogP) is -0.125. The topological polar surface area (TPSA) is 86.3 Å². The van der Waals surface area contributed by atoms with E-state index in [2.05, 4.69) is 11.6 Å². The van der Waals surface area contributed by atoms with E-state index in [0.29, 0.717) is 0 Å². The summed E-state index contributed by atoms with van der Waals surface area (Å²) >= 11 is 0. The summed E-state index contributed by atoms with van der Waals surface area (Å²) in [6.45, 7) is 2.09. The normalized spacial score (nSPS) is 11.5. The van der Waals surface area contributed by atoms with Gasteiger partial charge < -0.3 is 9.90 Å². The van der Waals surface area contributed by atoms with Gasteiger partial charge in [0.25, 0.3) is 0 Å². The molecule has 1 N–H and O–H groups in total. The molecule has 5 nitrogen and oxygen atoms in total. The molecule has 0 aliphatic heterocycles. The van der Waals surface area contributed by atoms with Crippen molar-refractivity contribution in [3.63, 3.8) is 0 Å². The fourth-order valence-electron chi connectivity index (χ4n) is 2.29. The molecule has 0 aliphatic carbocycles. The van der Waals surface area contributed by atoms with Crippen LogP contribution in [0.3, 0.4) is 0 Å². The van der Waals surface area contributed by atoms with Crippen molar-refractivity contribution in [1.82, 2.24) is 4.72 Å². The molecule has 0 saturated heterocycles. The Bertz CT molecular complexity index is 424. The molecule has 0 spiro atoms. The molecule has 0 atom stereocenters. The van der Waals surface area contributed by atoms with Gasteiger partial charge in [0.2, 0.25) is 10.0 Å². The third kappa shape index (κ3) is 20.2. The van der Waals surface area contributed by atoms with Gasteiger partial charge in [0, 0.05) is 24.3 Å². The predicted molar refractivity (Wildman–Crippen MR) is 92.1 cm³/mol. The van der Waals surface area contributed by atoms with Gasteiger partial charge in [-0.3, -0.25) is 0 Å². The first-order valence-corrected chi connectivity index (χ1v) is 10.4. The summed E-state index contributed by atoms with van der Waals surface area (Å²) in [5.74, 6) is -1.26. The largest absolute Gasteiger partial charge is 1.00 e. The average molecular weight is 370 g/mol. The molecule has 0 aromatic rings. The molecular formula is C17H32NNaO4S. The van der Waals surface area contributed by atoms with Gasteiger partial charge in [-0.15, -0.1) is 0 Å². The van der Waals surface area contributed by atoms with Crippen LogP contribution in [-0.2, 0) is 14.8 Å². The number of carboxylic acids is 1. The molecule has 0 bridgehead atoms. The number of rotatable bonds is 16. The van der Waals surface area contributed by atoms with E-state index in [4.69, 9.17) is 0 Å². The average Bonchev–Trinajstić information content (AvgIpc) is 2.47. The number of carboxylic acid groups (broad SMARTS) is 1. The summed E-state index contributed by atoms with van der Waals surface area (Å²) < 4.78 is 25.2. The second-order valence-corrected chi connectivity index (χ2v) is 7.55. The quantitative estimate of drug-likeness (QED) is 0.303. The van der Waals surface area contributed by atoms with Crippen LogP contribution in [0, 0.1) is 0 Å². The van der Waals surface area contributed by atoms with E-state index in [9.17, 15) is 18.3 Å². The summed E-state index contributed by atoms with van der Waals surface area (Å²) in [6, 6.07) is 0. The molecule has 0 saturated carbocycles. The van der Waals surface area contributed by atoms with Crippen molar-refractivity contribution in [1.29, 1.82) is 0 Å². The van der Waals surface area contributed by atoms with Gasteiger partial charge in [-0.2, -0.15) is 0 Å². The van der Waals surface area contributed by atoms with Crippen molar-refractivity contribution in [3.05, 3.63) is 11.5 Å². The second kappa shape index (κ2) is 17.9. The third-order valence-corrected chi connectivity index (χ3v) is 4.79. The van der Waals surface area contributed by atoms with Crippen LogP contribution in [0.25, 0.3) is 0 Å². The van der Waals surface area contributed by atoms with Gasteiger partial charge >= 0.3 is 29.6 Å². The minimum Gasteiger partial charge on any atom is -0.550 e. The number of aliphatic carboxylic acids is 1. The van der Waals surface area contributed by atoms with Crippen LogP contribution in [0.15, 0.2) is 11.5 Å². The van der Waals surface area contributed by atoms with E-state index in [1.165, 1.54) is 51.4 Å². The van der Waals surface area contributed by atoms with Crippen LogP contribution in [0.4, 0.5) is 0 Å². The van der Waals surface area contributed by atoms with E-state index in [1.807, 2.05) is 0 Å². The van der Waals surface area contributed by atoms with Gasteiger partial charge in [-0.25, -0.2) is 13.1 Å². The van der Waals surface area contributed by atoms with Gasteiger partial charge in [0.05, 0.1) is 0 Å². The van der Waals surface area contributed by atoms with Crippen molar-refractivity contribution in [2.24, 2.45) is 0 Å². The molecule has 0 aliphatic rings. The fourth-order valence-corrected chi connectivity index (χ4v) is 3.16. The summed E-state index contributed by atoms with van der Waals surface area (Å²) in [5.41, 5.74) is 0. The third-order valence-electron chi connectivity index (χ3n) is 3.63. The van der Waals surface area contributed by atoms with Crippen LogP contribution in [-0.4, -0.2) is 20.9 Å². The first kappa shape index (κ1) is 26.4. The van der Waals surface area contributed by atoms with Crippen LogP contribution >= 0.6 is 0 Å². The zero-order chi connectivity index (χ0) is 17.4. The van der Waals surface area contributed by atoms with Crippen molar-refractivity contribution in [2.75, 3.05) is 6.54 Å². The van der Waals surface area contributed by atoms with Crippen molar-refractivity contribution >= 4 is 16.0 Å². The molecule has 0 aromatic carbocycles. The number of hydrogen-bond donors (Lipinski definition) is 1. The minimum atomic E-state index is -3.51. The number of sulfonamides is 1. The Labute approximate surface area is 170 Å². The zero-order valence-corrected chi connectivity index (χ0v) is 18.2. The van der Waals surface area contributed by atoms with Crippen LogP contribution < -0.4 is 39.4 Å². The van der Waals surface area contributed by atoms with E-state index < -0.39 is 16.0 Å². The molecule has 0 unspecified atom stereocenters. The molecule has 24 heavy (non-hydrogen) atoms. The van der Waals surface area contributed by atoms with Crippen LogP contribution in [0.2, 0.25) is 0 Å². The van der Waals surface area contributed by atoms with E-state index >= 15 is 0 Å². The fraction of sp³-hybridized carbons (Fsp3) is 0.824. The second-order valence-electron chi connectivity index (χ2n) is 5.90. The Morgan fingerprint density at radius 2 is 1.46 bits per heavy atom. The smallest absolute Gasteiger partial charge is 0.550 e.